The van der Waals surface area contributed by atoms with Crippen molar-refractivity contribution in [3.63, 3.8) is 0 Å². The van der Waals surface area contributed by atoms with Crippen molar-refractivity contribution < 1.29 is 0 Å². The zero-order valence-electron chi connectivity index (χ0n) is 11.1. The van der Waals surface area contributed by atoms with Crippen molar-refractivity contribution in [2.45, 2.75) is 32.7 Å². The molecule has 2 aromatic carbocycles. The largest absolute Gasteiger partial charge is 0.337 e. The first-order valence-electron chi connectivity index (χ1n) is 6.88. The number of anilines is 2. The van der Waals surface area contributed by atoms with Gasteiger partial charge in [-0.05, 0) is 36.1 Å². The van der Waals surface area contributed by atoms with E-state index < -0.39 is 0 Å². The molecule has 0 fully saturated rings. The highest BCUT2D eigenvalue weighted by Gasteiger charge is 2.36. The van der Waals surface area contributed by atoms with E-state index >= 15 is 0 Å². The standard InChI is InChI=1S/C15H13N.C2H6/c1-3-7-14-11(5-1)9-13-10-12-6-2-4-8-15(12)16(13)14;1-2/h1-8,13H,9-10H2;1-2H3. The van der Waals surface area contributed by atoms with E-state index in [1.165, 1.54) is 35.3 Å². The van der Waals surface area contributed by atoms with Crippen LogP contribution in [0.3, 0.4) is 0 Å². The van der Waals surface area contributed by atoms with Crippen LogP contribution in [0.15, 0.2) is 48.5 Å². The van der Waals surface area contributed by atoms with Crippen molar-refractivity contribution >= 4 is 11.4 Å². The molecule has 0 bridgehead atoms. The maximum Gasteiger partial charge on any atom is 0.0446 e. The van der Waals surface area contributed by atoms with Crippen molar-refractivity contribution in [2.24, 2.45) is 0 Å². The molecule has 0 radical (unpaired) electrons. The number of rotatable bonds is 0. The quantitative estimate of drug-likeness (QED) is 0.659. The van der Waals surface area contributed by atoms with Crippen LogP contribution in [-0.4, -0.2) is 6.04 Å². The molecule has 2 aliphatic heterocycles. The van der Waals surface area contributed by atoms with E-state index in [2.05, 4.69) is 53.4 Å². The van der Waals surface area contributed by atoms with Crippen LogP contribution in [0.5, 0.6) is 0 Å². The van der Waals surface area contributed by atoms with Gasteiger partial charge in [-0.3, -0.25) is 0 Å². The summed E-state index contributed by atoms with van der Waals surface area (Å²) in [5, 5.41) is 0. The van der Waals surface area contributed by atoms with Crippen LogP contribution in [0, 0.1) is 0 Å². The second kappa shape index (κ2) is 4.49. The molecule has 0 atom stereocenters. The van der Waals surface area contributed by atoms with Gasteiger partial charge in [-0.2, -0.15) is 0 Å². The lowest BCUT2D eigenvalue weighted by Gasteiger charge is -2.20. The Kier molecular flexibility index (Phi) is 2.83. The minimum Gasteiger partial charge on any atom is -0.337 e. The zero-order valence-corrected chi connectivity index (χ0v) is 11.1. The number of fused-ring (bicyclic) bond motifs is 5. The van der Waals surface area contributed by atoms with E-state index in [0.717, 1.165) is 0 Å². The van der Waals surface area contributed by atoms with Crippen LogP contribution in [0.4, 0.5) is 11.4 Å². The molecule has 0 saturated heterocycles. The van der Waals surface area contributed by atoms with Gasteiger partial charge < -0.3 is 4.90 Å². The third kappa shape index (κ3) is 1.54. The average Bonchev–Trinajstić information content (AvgIpc) is 2.96. The SMILES string of the molecule is CC.c1ccc2c(c1)CC1Cc3ccccc3N21. The monoisotopic (exact) mass is 237 g/mol. The third-order valence-corrected chi connectivity index (χ3v) is 3.78. The molecule has 0 aliphatic carbocycles. The van der Waals surface area contributed by atoms with Gasteiger partial charge in [0, 0.05) is 17.4 Å². The van der Waals surface area contributed by atoms with Crippen LogP contribution in [0.2, 0.25) is 0 Å². The molecule has 2 aromatic rings. The predicted molar refractivity (Wildman–Crippen MR) is 77.6 cm³/mol. The van der Waals surface area contributed by atoms with Gasteiger partial charge in [-0.15, -0.1) is 0 Å². The minimum atomic E-state index is 0.662. The highest BCUT2D eigenvalue weighted by atomic mass is 15.2. The van der Waals surface area contributed by atoms with Gasteiger partial charge in [0.25, 0.3) is 0 Å². The predicted octanol–water partition coefficient (Wildman–Crippen LogP) is 4.33. The summed E-state index contributed by atoms with van der Waals surface area (Å²) >= 11 is 0. The summed E-state index contributed by atoms with van der Waals surface area (Å²) in [6.45, 7) is 4.00. The normalized spacial score (nSPS) is 15.6. The molecule has 18 heavy (non-hydrogen) atoms. The molecule has 1 nitrogen and oxygen atoms in total. The lowest BCUT2D eigenvalue weighted by Crippen LogP contribution is -2.22. The second-order valence-corrected chi connectivity index (χ2v) is 4.69. The van der Waals surface area contributed by atoms with E-state index in [1.807, 2.05) is 13.8 Å². The molecule has 0 unspecified atom stereocenters. The summed E-state index contributed by atoms with van der Waals surface area (Å²) in [5.41, 5.74) is 5.83. The Hall–Kier alpha value is -1.76. The van der Waals surface area contributed by atoms with Crippen molar-refractivity contribution in [1.82, 2.24) is 0 Å². The molecule has 0 spiro atoms. The Morgan fingerprint density at radius 2 is 1.22 bits per heavy atom. The molecule has 4 rings (SSSR count). The minimum absolute atomic E-state index is 0.662. The summed E-state index contributed by atoms with van der Waals surface area (Å²) in [5.74, 6) is 0. The molecule has 1 heteroatoms. The fraction of sp³-hybridized carbons (Fsp3) is 0.294. The highest BCUT2D eigenvalue weighted by molar-refractivity contribution is 5.76. The molecule has 2 heterocycles. The number of nitrogens with zero attached hydrogens (tertiary/aromatic N) is 1. The van der Waals surface area contributed by atoms with Crippen molar-refractivity contribution in [1.29, 1.82) is 0 Å². The van der Waals surface area contributed by atoms with Crippen molar-refractivity contribution in [3.05, 3.63) is 59.7 Å². The molecule has 0 aromatic heterocycles. The topological polar surface area (TPSA) is 3.24 Å². The summed E-state index contributed by atoms with van der Waals surface area (Å²) in [6, 6.07) is 18.3. The van der Waals surface area contributed by atoms with Crippen molar-refractivity contribution in [2.75, 3.05) is 4.90 Å². The summed E-state index contributed by atoms with van der Waals surface area (Å²) in [4.78, 5) is 2.52. The Balaban J connectivity index is 0.000000478. The molecular weight excluding hydrogens is 218 g/mol. The number of para-hydroxylation sites is 2. The first kappa shape index (κ1) is 11.3. The van der Waals surface area contributed by atoms with E-state index in [9.17, 15) is 0 Å². The first-order valence-corrected chi connectivity index (χ1v) is 6.88. The highest BCUT2D eigenvalue weighted by Crippen LogP contribution is 2.45. The molecule has 0 saturated carbocycles. The lowest BCUT2D eigenvalue weighted by molar-refractivity contribution is 0.725. The second-order valence-electron chi connectivity index (χ2n) is 4.69. The summed E-state index contributed by atoms with van der Waals surface area (Å²) in [7, 11) is 0. The van der Waals surface area contributed by atoms with Gasteiger partial charge in [-0.1, -0.05) is 50.2 Å². The Labute approximate surface area is 109 Å². The number of hydrogen-bond donors (Lipinski definition) is 0. The average molecular weight is 237 g/mol. The van der Waals surface area contributed by atoms with Gasteiger partial charge in [0.15, 0.2) is 0 Å². The van der Waals surface area contributed by atoms with E-state index in [4.69, 9.17) is 0 Å². The molecular formula is C17H19N. The van der Waals surface area contributed by atoms with Crippen LogP contribution in [-0.2, 0) is 12.8 Å². The van der Waals surface area contributed by atoms with Crippen molar-refractivity contribution in [3.8, 4) is 0 Å². The Morgan fingerprint density at radius 3 is 1.72 bits per heavy atom. The van der Waals surface area contributed by atoms with Crippen LogP contribution in [0.1, 0.15) is 25.0 Å². The molecule has 0 N–H and O–H groups in total. The zero-order chi connectivity index (χ0) is 12.5. The van der Waals surface area contributed by atoms with E-state index in [0.29, 0.717) is 6.04 Å². The Bertz CT molecular complexity index is 510. The van der Waals surface area contributed by atoms with E-state index in [1.54, 1.807) is 0 Å². The molecule has 0 amide bonds. The van der Waals surface area contributed by atoms with Gasteiger partial charge in [-0.25, -0.2) is 0 Å². The molecule has 2 aliphatic rings. The first-order chi connectivity index (χ1) is 8.93. The van der Waals surface area contributed by atoms with Gasteiger partial charge in [0.05, 0.1) is 0 Å². The maximum absolute atomic E-state index is 2.52. The summed E-state index contributed by atoms with van der Waals surface area (Å²) < 4.78 is 0. The summed E-state index contributed by atoms with van der Waals surface area (Å²) in [6.07, 6.45) is 2.40. The maximum atomic E-state index is 2.52. The van der Waals surface area contributed by atoms with Crippen LogP contribution < -0.4 is 4.90 Å². The molecule has 92 valence electrons. The number of hydrogen-bond acceptors (Lipinski definition) is 1. The third-order valence-electron chi connectivity index (χ3n) is 3.78. The number of benzene rings is 2. The lowest BCUT2D eigenvalue weighted by atomic mass is 10.0. The van der Waals surface area contributed by atoms with Gasteiger partial charge in [0.1, 0.15) is 0 Å². The Morgan fingerprint density at radius 1 is 0.778 bits per heavy atom. The smallest absolute Gasteiger partial charge is 0.0446 e. The van der Waals surface area contributed by atoms with E-state index in [-0.39, 0.29) is 0 Å². The fourth-order valence-electron chi connectivity index (χ4n) is 3.12. The van der Waals surface area contributed by atoms with Crippen LogP contribution in [0.25, 0.3) is 0 Å². The fourth-order valence-corrected chi connectivity index (χ4v) is 3.12. The van der Waals surface area contributed by atoms with Gasteiger partial charge in [0.2, 0.25) is 0 Å². The van der Waals surface area contributed by atoms with Crippen LogP contribution >= 0.6 is 0 Å². The van der Waals surface area contributed by atoms with Gasteiger partial charge >= 0.3 is 0 Å².